The first-order valence-electron chi connectivity index (χ1n) is 10.8. The number of sulfonamides is 1. The monoisotopic (exact) mass is 446 g/mol. The minimum Gasteiger partial charge on any atom is -0.496 e. The molecule has 0 bridgehead atoms. The Morgan fingerprint density at radius 1 is 1.19 bits per heavy atom. The molecule has 0 amide bonds. The molecule has 32 heavy (non-hydrogen) atoms. The Morgan fingerprint density at radius 2 is 2.03 bits per heavy atom. The van der Waals surface area contributed by atoms with E-state index in [1.165, 1.54) is 16.8 Å². The molecule has 3 aromatic rings. The van der Waals surface area contributed by atoms with Crippen LogP contribution in [0.1, 0.15) is 29.5 Å². The van der Waals surface area contributed by atoms with Crippen molar-refractivity contribution in [3.05, 3.63) is 90.5 Å². The van der Waals surface area contributed by atoms with Gasteiger partial charge in [0.25, 0.3) is 0 Å². The third-order valence-corrected chi connectivity index (χ3v) is 7.95. The van der Waals surface area contributed by atoms with Crippen LogP contribution in [-0.2, 0) is 10.0 Å². The molecule has 1 aliphatic heterocycles. The average molecular weight is 447 g/mol. The number of rotatable bonds is 6. The van der Waals surface area contributed by atoms with Crippen LogP contribution >= 0.6 is 0 Å². The minimum absolute atomic E-state index is 0.0462. The van der Waals surface area contributed by atoms with E-state index in [1.807, 2.05) is 18.2 Å². The van der Waals surface area contributed by atoms with E-state index < -0.39 is 10.0 Å². The van der Waals surface area contributed by atoms with Crippen molar-refractivity contribution in [2.75, 3.05) is 19.0 Å². The highest BCUT2D eigenvalue weighted by atomic mass is 32.2. The summed E-state index contributed by atoms with van der Waals surface area (Å²) in [5.74, 6) is 1.26. The van der Waals surface area contributed by atoms with Gasteiger partial charge in [-0.1, -0.05) is 48.6 Å². The van der Waals surface area contributed by atoms with Crippen LogP contribution in [0.25, 0.3) is 10.8 Å². The third-order valence-electron chi connectivity index (χ3n) is 6.52. The summed E-state index contributed by atoms with van der Waals surface area (Å²) in [6.07, 6.45) is 6.87. The topological polar surface area (TPSA) is 67.4 Å². The van der Waals surface area contributed by atoms with Crippen molar-refractivity contribution >= 4 is 26.5 Å². The molecule has 0 fully saturated rings. The smallest absolute Gasteiger partial charge is 0.240 e. The Balaban J connectivity index is 1.62. The molecule has 1 heterocycles. The zero-order valence-corrected chi connectivity index (χ0v) is 18.7. The minimum atomic E-state index is -3.58. The number of hydrogen-bond donors (Lipinski definition) is 2. The first-order chi connectivity index (χ1) is 15.5. The molecular weight excluding hydrogens is 420 g/mol. The fourth-order valence-electron chi connectivity index (χ4n) is 5.05. The summed E-state index contributed by atoms with van der Waals surface area (Å²) in [6.45, 7) is 3.79. The molecule has 0 radical (unpaired) electrons. The lowest BCUT2D eigenvalue weighted by Crippen LogP contribution is -2.30. The molecule has 2 N–H and O–H groups in total. The van der Waals surface area contributed by atoms with E-state index in [4.69, 9.17) is 4.74 Å². The number of ether oxygens (including phenoxy) is 1. The zero-order valence-electron chi connectivity index (χ0n) is 17.9. The van der Waals surface area contributed by atoms with Gasteiger partial charge in [-0.15, -0.1) is 6.58 Å². The highest BCUT2D eigenvalue weighted by Gasteiger charge is 2.40. The van der Waals surface area contributed by atoms with E-state index in [2.05, 4.69) is 53.0 Å². The predicted octanol–water partition coefficient (Wildman–Crippen LogP) is 5.14. The maximum atomic E-state index is 12.7. The number of allylic oxidation sites excluding steroid dienone is 2. The second kappa shape index (κ2) is 8.11. The van der Waals surface area contributed by atoms with Crippen LogP contribution in [0.15, 0.2) is 84.3 Å². The molecule has 164 valence electrons. The summed E-state index contributed by atoms with van der Waals surface area (Å²) < 4.78 is 33.7. The van der Waals surface area contributed by atoms with Gasteiger partial charge in [-0.25, -0.2) is 13.1 Å². The largest absolute Gasteiger partial charge is 0.496 e. The van der Waals surface area contributed by atoms with Crippen LogP contribution in [0.3, 0.4) is 0 Å². The molecule has 2 aliphatic rings. The summed E-state index contributed by atoms with van der Waals surface area (Å²) in [6, 6.07) is 17.9. The van der Waals surface area contributed by atoms with E-state index in [0.29, 0.717) is 0 Å². The molecule has 3 aromatic carbocycles. The number of benzene rings is 3. The SMILES string of the molecule is C=CCNS(=O)(=O)c1ccc2c(c1)C1C=CCC1C(c1c(OC)ccc3ccccc13)N2. The van der Waals surface area contributed by atoms with E-state index in [-0.39, 0.29) is 29.3 Å². The van der Waals surface area contributed by atoms with Crippen molar-refractivity contribution in [1.82, 2.24) is 4.72 Å². The average Bonchev–Trinajstić information content (AvgIpc) is 3.31. The van der Waals surface area contributed by atoms with Gasteiger partial charge in [0.2, 0.25) is 10.0 Å². The number of fused-ring (bicyclic) bond motifs is 4. The quantitative estimate of drug-likeness (QED) is 0.515. The molecule has 0 aromatic heterocycles. The lowest BCUT2D eigenvalue weighted by atomic mass is 9.76. The fraction of sp³-hybridized carbons (Fsp3) is 0.231. The normalized spacial score (nSPS) is 21.6. The van der Waals surface area contributed by atoms with Crippen molar-refractivity contribution in [2.45, 2.75) is 23.3 Å². The molecule has 5 rings (SSSR count). The summed E-state index contributed by atoms with van der Waals surface area (Å²) in [7, 11) is -1.87. The Morgan fingerprint density at radius 3 is 2.84 bits per heavy atom. The maximum absolute atomic E-state index is 12.7. The van der Waals surface area contributed by atoms with E-state index in [1.54, 1.807) is 19.2 Å². The lowest BCUT2D eigenvalue weighted by molar-refractivity contribution is 0.383. The summed E-state index contributed by atoms with van der Waals surface area (Å²) >= 11 is 0. The Hall–Kier alpha value is -3.09. The van der Waals surface area contributed by atoms with Gasteiger partial charge in [0.15, 0.2) is 0 Å². The van der Waals surface area contributed by atoms with Gasteiger partial charge in [-0.2, -0.15) is 0 Å². The van der Waals surface area contributed by atoms with E-state index >= 15 is 0 Å². The van der Waals surface area contributed by atoms with Gasteiger partial charge >= 0.3 is 0 Å². The van der Waals surface area contributed by atoms with Crippen LogP contribution in [0.5, 0.6) is 5.75 Å². The third kappa shape index (κ3) is 3.40. The summed E-state index contributed by atoms with van der Waals surface area (Å²) in [5, 5.41) is 6.07. The fourth-order valence-corrected chi connectivity index (χ4v) is 6.08. The van der Waals surface area contributed by atoms with E-state index in [0.717, 1.165) is 29.0 Å². The van der Waals surface area contributed by atoms with E-state index in [9.17, 15) is 8.42 Å². The molecule has 5 nitrogen and oxygen atoms in total. The van der Waals surface area contributed by atoms with Crippen molar-refractivity contribution < 1.29 is 13.2 Å². The van der Waals surface area contributed by atoms with Gasteiger partial charge in [-0.3, -0.25) is 0 Å². The standard InChI is InChI=1S/C26H26N2O3S/c1-3-15-27-32(29,30)18-12-13-23-22(16-18)20-9-6-10-21(20)26(28-23)25-19-8-5-4-7-17(19)11-14-24(25)31-2/h3-9,11-14,16,20-21,26-28H,1,10,15H2,2H3. The second-order valence-electron chi connectivity index (χ2n) is 8.27. The molecule has 0 spiro atoms. The first kappa shape index (κ1) is 20.8. The Bertz CT molecular complexity index is 1330. The summed E-state index contributed by atoms with van der Waals surface area (Å²) in [4.78, 5) is 0.278. The molecule has 6 heteroatoms. The van der Waals surface area contributed by atoms with Gasteiger partial charge in [0, 0.05) is 23.7 Å². The molecule has 0 saturated heterocycles. The van der Waals surface area contributed by atoms with Crippen molar-refractivity contribution in [1.29, 1.82) is 0 Å². The van der Waals surface area contributed by atoms with Crippen LogP contribution < -0.4 is 14.8 Å². The molecule has 3 atom stereocenters. The van der Waals surface area contributed by atoms with Crippen LogP contribution in [0.2, 0.25) is 0 Å². The Labute approximate surface area is 188 Å². The van der Waals surface area contributed by atoms with Crippen molar-refractivity contribution in [3.8, 4) is 5.75 Å². The molecule has 3 unspecified atom stereocenters. The predicted molar refractivity (Wildman–Crippen MR) is 129 cm³/mol. The number of anilines is 1. The summed E-state index contributed by atoms with van der Waals surface area (Å²) in [5.41, 5.74) is 3.13. The van der Waals surface area contributed by atoms with Gasteiger partial charge in [0.05, 0.1) is 18.0 Å². The second-order valence-corrected chi connectivity index (χ2v) is 10.0. The zero-order chi connectivity index (χ0) is 22.3. The number of hydrogen-bond acceptors (Lipinski definition) is 4. The van der Waals surface area contributed by atoms with Gasteiger partial charge in [0.1, 0.15) is 5.75 Å². The molecular formula is C26H26N2O3S. The Kier molecular flexibility index (Phi) is 5.27. The van der Waals surface area contributed by atoms with Crippen molar-refractivity contribution in [3.63, 3.8) is 0 Å². The first-order valence-corrected chi connectivity index (χ1v) is 12.2. The number of nitrogens with one attached hydrogen (secondary N) is 2. The highest BCUT2D eigenvalue weighted by molar-refractivity contribution is 7.89. The maximum Gasteiger partial charge on any atom is 0.240 e. The van der Waals surface area contributed by atoms with Gasteiger partial charge in [-0.05, 0) is 52.9 Å². The molecule has 1 aliphatic carbocycles. The van der Waals surface area contributed by atoms with Gasteiger partial charge < -0.3 is 10.1 Å². The number of methoxy groups -OCH3 is 1. The lowest BCUT2D eigenvalue weighted by Gasteiger charge is -2.38. The van der Waals surface area contributed by atoms with Crippen LogP contribution in [0, 0.1) is 5.92 Å². The highest BCUT2D eigenvalue weighted by Crippen LogP contribution is 2.52. The van der Waals surface area contributed by atoms with Crippen LogP contribution in [-0.4, -0.2) is 22.1 Å². The van der Waals surface area contributed by atoms with Crippen LogP contribution in [0.4, 0.5) is 5.69 Å². The van der Waals surface area contributed by atoms with Crippen molar-refractivity contribution in [2.24, 2.45) is 5.92 Å². The molecule has 0 saturated carbocycles.